The predicted molar refractivity (Wildman–Crippen MR) is 119 cm³/mol. The summed E-state index contributed by atoms with van der Waals surface area (Å²) in [5, 5.41) is 17.3. The molecule has 0 atom stereocenters. The number of benzene rings is 2. The van der Waals surface area contributed by atoms with Gasteiger partial charge in [-0.3, -0.25) is 12.2 Å². The van der Waals surface area contributed by atoms with E-state index in [0.29, 0.717) is 0 Å². The Morgan fingerprint density at radius 1 is 0.600 bits per heavy atom. The third kappa shape index (κ3) is 14.5. The number of hydrogen-bond donors (Lipinski definition) is 2. The number of rotatable bonds is 0. The molecule has 2 nitrogen and oxygen atoms in total. The van der Waals surface area contributed by atoms with Crippen LogP contribution in [0.1, 0.15) is 37.8 Å². The summed E-state index contributed by atoms with van der Waals surface area (Å²) in [7, 11) is 0. The van der Waals surface area contributed by atoms with Gasteiger partial charge in [0.1, 0.15) is 11.5 Å². The van der Waals surface area contributed by atoms with Crippen LogP contribution in [0, 0.1) is 12.2 Å². The number of alkyl halides is 6. The van der Waals surface area contributed by atoms with Gasteiger partial charge in [-0.15, -0.1) is 12.8 Å². The summed E-state index contributed by atoms with van der Waals surface area (Å²) in [6.07, 6.45) is 8.02. The minimum Gasteiger partial charge on any atom is -0.508 e. The van der Waals surface area contributed by atoms with E-state index in [1.165, 1.54) is 11.1 Å². The normalized spacial score (nSPS) is 13.6. The quantitative estimate of drug-likeness (QED) is 0.246. The van der Waals surface area contributed by atoms with Crippen LogP contribution in [-0.4, -0.2) is 10.2 Å². The fourth-order valence-electron chi connectivity index (χ4n) is 2.33. The second kappa shape index (κ2) is 15.5. The van der Waals surface area contributed by atoms with E-state index in [4.69, 9.17) is 10.2 Å². The average Bonchev–Trinajstić information content (AvgIpc) is 3.42. The first-order valence-corrected chi connectivity index (χ1v) is 9.99. The molecule has 35 heavy (non-hydrogen) atoms. The van der Waals surface area contributed by atoms with Crippen molar-refractivity contribution in [2.75, 3.05) is 0 Å². The molecule has 2 aromatic carbocycles. The molecule has 2 aromatic rings. The Morgan fingerprint density at radius 3 is 1.03 bits per heavy atom. The zero-order valence-electron chi connectivity index (χ0n) is 19.0. The third-order valence-corrected chi connectivity index (χ3v) is 4.12. The minimum absolute atomic E-state index is 0. The maximum absolute atomic E-state index is 11.8. The molecule has 186 valence electrons. The SMILES string of the molecule is CC1=[C-]CC=C1.CC1=[C-]CC=C1.Oc1ccc(C(F)(F)F)cc1.Oc1ccc(C(F)(F)F)cc1.[Zr+2]. The van der Waals surface area contributed by atoms with E-state index in [-0.39, 0.29) is 37.7 Å². The monoisotopic (exact) mass is 572 g/mol. The molecule has 0 spiro atoms. The van der Waals surface area contributed by atoms with Crippen LogP contribution in [0.15, 0.2) is 84.0 Å². The molecular weight excluding hydrogens is 549 g/mol. The fraction of sp³-hybridized carbons (Fsp3) is 0.231. The summed E-state index contributed by atoms with van der Waals surface area (Å²) < 4.78 is 71.0. The summed E-state index contributed by atoms with van der Waals surface area (Å²) in [5.74, 6) is -0.337. The molecule has 4 rings (SSSR count). The van der Waals surface area contributed by atoms with Crippen molar-refractivity contribution in [1.82, 2.24) is 0 Å². The van der Waals surface area contributed by atoms with Gasteiger partial charge in [0, 0.05) is 0 Å². The van der Waals surface area contributed by atoms with Crippen LogP contribution in [0.5, 0.6) is 11.5 Å². The molecule has 0 bridgehead atoms. The van der Waals surface area contributed by atoms with E-state index in [1.54, 1.807) is 0 Å². The molecule has 0 aromatic heterocycles. The maximum atomic E-state index is 11.8. The number of phenols is 2. The first-order chi connectivity index (χ1) is 15.8. The Hall–Kier alpha value is -2.54. The van der Waals surface area contributed by atoms with Crippen LogP contribution in [0.2, 0.25) is 0 Å². The van der Waals surface area contributed by atoms with Crippen LogP contribution in [0.3, 0.4) is 0 Å². The van der Waals surface area contributed by atoms with E-state index in [9.17, 15) is 26.3 Å². The Labute approximate surface area is 220 Å². The summed E-state index contributed by atoms with van der Waals surface area (Å²) >= 11 is 0. The van der Waals surface area contributed by atoms with E-state index in [2.05, 4.69) is 50.3 Å². The van der Waals surface area contributed by atoms with Crippen molar-refractivity contribution in [1.29, 1.82) is 0 Å². The molecule has 0 saturated heterocycles. The standard InChI is InChI=1S/2C7H5F3O.2C6H7.Zr/c2*8-7(9,10)5-1-3-6(11)4-2-5;2*1-6-4-2-3-5-6;/h2*1-4,11H;2*2,4H,3H2,1H3;/q;;2*-1;+2. The zero-order chi connectivity index (χ0) is 25.8. The zero-order valence-corrected chi connectivity index (χ0v) is 21.5. The summed E-state index contributed by atoms with van der Waals surface area (Å²) in [6, 6.07) is 7.33. The van der Waals surface area contributed by atoms with Crippen molar-refractivity contribution in [3.05, 3.63) is 107 Å². The van der Waals surface area contributed by atoms with Crippen molar-refractivity contribution in [3.8, 4) is 11.5 Å². The summed E-state index contributed by atoms with van der Waals surface area (Å²) in [5.41, 5.74) is 1.04. The minimum atomic E-state index is -4.33. The van der Waals surface area contributed by atoms with Crippen molar-refractivity contribution >= 4 is 0 Å². The van der Waals surface area contributed by atoms with Gasteiger partial charge in [-0.25, -0.2) is 23.3 Å². The van der Waals surface area contributed by atoms with Crippen LogP contribution in [0.4, 0.5) is 26.3 Å². The topological polar surface area (TPSA) is 40.5 Å². The summed E-state index contributed by atoms with van der Waals surface area (Å²) in [6.45, 7) is 4.12. The largest absolute Gasteiger partial charge is 2.00 e. The van der Waals surface area contributed by atoms with Gasteiger partial charge in [-0.1, -0.05) is 13.8 Å². The molecule has 0 fully saturated rings. The second-order valence-electron chi connectivity index (χ2n) is 7.02. The maximum Gasteiger partial charge on any atom is 2.00 e. The summed E-state index contributed by atoms with van der Waals surface area (Å²) in [4.78, 5) is 0. The third-order valence-electron chi connectivity index (χ3n) is 4.12. The van der Waals surface area contributed by atoms with Gasteiger partial charge in [0.15, 0.2) is 0 Å². The van der Waals surface area contributed by atoms with Crippen molar-refractivity contribution < 1.29 is 62.8 Å². The van der Waals surface area contributed by atoms with E-state index < -0.39 is 23.5 Å². The molecule has 0 radical (unpaired) electrons. The van der Waals surface area contributed by atoms with Crippen LogP contribution >= 0.6 is 0 Å². The fourth-order valence-corrected chi connectivity index (χ4v) is 2.33. The van der Waals surface area contributed by atoms with Gasteiger partial charge >= 0.3 is 38.6 Å². The van der Waals surface area contributed by atoms with Crippen LogP contribution < -0.4 is 0 Å². The number of aromatic hydroxyl groups is 2. The molecule has 0 saturated carbocycles. The Bertz CT molecular complexity index is 911. The molecular formula is C26H24F6O2Zr. The Morgan fingerprint density at radius 2 is 0.886 bits per heavy atom. The number of halogens is 6. The molecule has 0 amide bonds. The molecule has 2 aliphatic rings. The van der Waals surface area contributed by atoms with Gasteiger partial charge in [-0.05, 0) is 48.5 Å². The van der Waals surface area contributed by atoms with E-state index in [1.807, 2.05) is 0 Å². The predicted octanol–water partition coefficient (Wildman–Crippen LogP) is 8.21. The van der Waals surface area contributed by atoms with Gasteiger partial charge in [0.25, 0.3) is 0 Å². The van der Waals surface area contributed by atoms with Gasteiger partial charge in [0.2, 0.25) is 0 Å². The van der Waals surface area contributed by atoms with Gasteiger partial charge in [-0.2, -0.15) is 38.5 Å². The van der Waals surface area contributed by atoms with Gasteiger partial charge < -0.3 is 10.2 Å². The molecule has 2 N–H and O–H groups in total. The molecule has 0 heterocycles. The van der Waals surface area contributed by atoms with E-state index in [0.717, 1.165) is 61.4 Å². The molecule has 0 unspecified atom stereocenters. The average molecular weight is 574 g/mol. The number of allylic oxidation sites excluding steroid dienone is 8. The second-order valence-corrected chi connectivity index (χ2v) is 7.02. The first kappa shape index (κ1) is 32.5. The van der Waals surface area contributed by atoms with Crippen molar-refractivity contribution in [3.63, 3.8) is 0 Å². The number of hydrogen-bond acceptors (Lipinski definition) is 2. The molecule has 9 heteroatoms. The van der Waals surface area contributed by atoms with Gasteiger partial charge in [0.05, 0.1) is 11.1 Å². The Kier molecular flexibility index (Phi) is 14.3. The molecule has 0 aliphatic heterocycles. The Balaban J connectivity index is 0.000000452. The number of phenolic OH excluding ortho intramolecular Hbond substituents is 2. The van der Waals surface area contributed by atoms with Crippen LogP contribution in [-0.2, 0) is 38.6 Å². The first-order valence-electron chi connectivity index (χ1n) is 9.99. The van der Waals surface area contributed by atoms with Crippen molar-refractivity contribution in [2.24, 2.45) is 0 Å². The van der Waals surface area contributed by atoms with E-state index >= 15 is 0 Å². The van der Waals surface area contributed by atoms with Crippen LogP contribution in [0.25, 0.3) is 0 Å². The van der Waals surface area contributed by atoms with Crippen molar-refractivity contribution in [2.45, 2.75) is 39.0 Å². The molecule has 2 aliphatic carbocycles. The smallest absolute Gasteiger partial charge is 0.508 e.